The molecule has 0 fully saturated rings. The van der Waals surface area contributed by atoms with Crippen LogP contribution >= 0.6 is 0 Å². The van der Waals surface area contributed by atoms with Crippen molar-refractivity contribution >= 4 is 43.8 Å². The molecule has 0 spiro atoms. The zero-order valence-corrected chi connectivity index (χ0v) is 26.7. The van der Waals surface area contributed by atoms with E-state index in [2.05, 4.69) is 105 Å². The van der Waals surface area contributed by atoms with E-state index in [-0.39, 0.29) is 47.5 Å². The molecule has 0 aliphatic carbocycles. The topological polar surface area (TPSA) is 40.9 Å². The first kappa shape index (κ1) is 39.6. The molecule has 3 rings (SSSR count). The van der Waals surface area contributed by atoms with Crippen molar-refractivity contribution in [3.63, 3.8) is 0 Å². The number of carbonyl (C=O) groups excluding carboxylic acids is 1. The van der Waals surface area contributed by atoms with Crippen LogP contribution in [-0.2, 0) is 21.7 Å². The van der Waals surface area contributed by atoms with Crippen molar-refractivity contribution in [3.05, 3.63) is 122 Å². The van der Waals surface area contributed by atoms with Crippen LogP contribution in [0.15, 0.2) is 96.3 Å². The fourth-order valence-corrected chi connectivity index (χ4v) is 3.72. The molecular weight excluding hydrogens is 498 g/mol. The number of allylic oxidation sites excluding steroid dienone is 2. The first-order chi connectivity index (χ1) is 14.0. The Labute approximate surface area is 231 Å². The summed E-state index contributed by atoms with van der Waals surface area (Å²) in [6.07, 6.45) is 4.45. The summed E-state index contributed by atoms with van der Waals surface area (Å²) in [6.45, 7) is 14.1. The number of carbonyl (C=O) groups is 1. The number of nitrogens with one attached hydrogen (secondary N) is 1. The van der Waals surface area contributed by atoms with Gasteiger partial charge in [0.2, 0.25) is 0 Å². The molecule has 0 heterocycles. The van der Waals surface area contributed by atoms with Crippen LogP contribution in [0.3, 0.4) is 0 Å². The molecule has 1 N–H and O–H groups in total. The average molecular weight is 540 g/mol. The zero-order valence-electron chi connectivity index (χ0n) is 22.1. The Morgan fingerprint density at radius 3 is 1.59 bits per heavy atom. The maximum atomic E-state index is 10.3. The molecule has 0 saturated heterocycles. The van der Waals surface area contributed by atoms with Crippen molar-refractivity contribution in [2.75, 3.05) is 0 Å². The van der Waals surface area contributed by atoms with Gasteiger partial charge in [0.1, 0.15) is 0 Å². The van der Waals surface area contributed by atoms with E-state index in [1.165, 1.54) is 10.8 Å². The summed E-state index contributed by atoms with van der Waals surface area (Å²) in [5, 5.41) is 2.66. The second-order valence-corrected chi connectivity index (χ2v) is 19.4. The number of rotatable bonds is 4. The van der Waals surface area contributed by atoms with E-state index in [4.69, 9.17) is 5.73 Å². The van der Waals surface area contributed by atoms with Gasteiger partial charge >= 0.3 is 21.7 Å². The molecule has 2 nitrogen and oxygen atoms in total. The molecule has 180 valence electrons. The summed E-state index contributed by atoms with van der Waals surface area (Å²) < 4.78 is 0. The standard InChI is InChI=1S/C10H22Si2.C9H7.C7H7NO.2CH3.Si.Ti/c1-11(2,3)9-7-8-10-12(4,5)6;1-2-5-9-7-3-6-8(9)4-1;8-7(9)6-4-2-1-3-5-6;;;;/h7-10H,1-6H3;1-7H;1-5H,(H2,8,9);2*1H3;;/q;-1;;2*-1;;+4/p-1. The molecule has 0 aliphatic rings. The Kier molecular flexibility index (Phi) is 22.9. The second kappa shape index (κ2) is 19.6. The average Bonchev–Trinajstić information content (AvgIpc) is 3.14. The van der Waals surface area contributed by atoms with Gasteiger partial charge in [-0.2, -0.15) is 17.5 Å². The Bertz CT molecular complexity index is 901. The third-order valence-electron chi connectivity index (χ3n) is 3.89. The minimum Gasteiger partial charge on any atom is -0.664 e. The zero-order chi connectivity index (χ0) is 22.6. The van der Waals surface area contributed by atoms with Crippen molar-refractivity contribution in [2.24, 2.45) is 0 Å². The molecule has 6 heteroatoms. The van der Waals surface area contributed by atoms with Gasteiger partial charge < -0.3 is 25.4 Å². The summed E-state index contributed by atoms with van der Waals surface area (Å²) in [5.41, 5.74) is 11.9. The summed E-state index contributed by atoms with van der Waals surface area (Å²) >= 11 is 0. The van der Waals surface area contributed by atoms with Gasteiger partial charge in [-0.05, 0) is 5.56 Å². The second-order valence-electron chi connectivity index (χ2n) is 9.30. The number of amides is 1. The number of fused-ring (bicyclic) bond motifs is 1. The van der Waals surface area contributed by atoms with Crippen LogP contribution in [-0.4, -0.2) is 33.0 Å². The van der Waals surface area contributed by atoms with Crippen molar-refractivity contribution in [3.8, 4) is 0 Å². The Hall–Kier alpha value is -1.64. The van der Waals surface area contributed by atoms with Crippen molar-refractivity contribution in [1.29, 1.82) is 0 Å². The van der Waals surface area contributed by atoms with Gasteiger partial charge in [-0.1, -0.05) is 99.2 Å². The van der Waals surface area contributed by atoms with Crippen LogP contribution < -0.4 is 0 Å². The van der Waals surface area contributed by atoms with Gasteiger partial charge in [-0.25, -0.2) is 0 Å². The predicted molar refractivity (Wildman–Crippen MR) is 158 cm³/mol. The van der Waals surface area contributed by atoms with Gasteiger partial charge in [-0.15, -0.1) is 29.7 Å². The Morgan fingerprint density at radius 2 is 1.21 bits per heavy atom. The Balaban J connectivity index is -0.000000189. The maximum absolute atomic E-state index is 10.3. The molecule has 0 atom stereocenters. The van der Waals surface area contributed by atoms with Crippen LogP contribution in [0.5, 0.6) is 0 Å². The van der Waals surface area contributed by atoms with Gasteiger partial charge in [0.15, 0.2) is 0 Å². The molecule has 34 heavy (non-hydrogen) atoms. The van der Waals surface area contributed by atoms with E-state index in [1.807, 2.05) is 6.07 Å². The number of hydrogen-bond acceptors (Lipinski definition) is 1. The maximum Gasteiger partial charge on any atom is 4.00 e. The van der Waals surface area contributed by atoms with Crippen LogP contribution in [0.1, 0.15) is 10.4 Å². The normalized spacial score (nSPS) is 10.3. The van der Waals surface area contributed by atoms with Crippen molar-refractivity contribution in [1.82, 2.24) is 0 Å². The van der Waals surface area contributed by atoms with E-state index in [1.54, 1.807) is 24.3 Å². The van der Waals surface area contributed by atoms with Crippen LogP contribution in [0, 0.1) is 14.9 Å². The van der Waals surface area contributed by atoms with Gasteiger partial charge in [0.25, 0.3) is 0 Å². The van der Waals surface area contributed by atoms with Crippen LogP contribution in [0.25, 0.3) is 16.5 Å². The third kappa shape index (κ3) is 19.8. The summed E-state index contributed by atoms with van der Waals surface area (Å²) in [5.74, 6) is -0.629. The monoisotopic (exact) mass is 539 g/mol. The van der Waals surface area contributed by atoms with Gasteiger partial charge in [-0.3, -0.25) is 0 Å². The molecule has 1 amide bonds. The summed E-state index contributed by atoms with van der Waals surface area (Å²) in [4.78, 5) is 10.3. The first-order valence-corrected chi connectivity index (χ1v) is 17.4. The molecule has 4 radical (unpaired) electrons. The molecule has 0 saturated carbocycles. The molecule has 0 aromatic heterocycles. The summed E-state index contributed by atoms with van der Waals surface area (Å²) in [6, 6.07) is 23.2. The first-order valence-electron chi connectivity index (χ1n) is 10.3. The summed E-state index contributed by atoms with van der Waals surface area (Å²) in [7, 11) is -1.94. The van der Waals surface area contributed by atoms with Gasteiger partial charge in [0, 0.05) is 11.0 Å². The molecule has 0 unspecified atom stereocenters. The van der Waals surface area contributed by atoms with Gasteiger partial charge in [0.05, 0.1) is 22.1 Å². The fraction of sp³-hybridized carbons (Fsp3) is 0.214. The molecule has 3 aromatic rings. The minimum atomic E-state index is -0.970. The molecular formula is C28H41NOSi3Ti. The Morgan fingerprint density at radius 1 is 0.765 bits per heavy atom. The van der Waals surface area contributed by atoms with E-state index >= 15 is 0 Å². The van der Waals surface area contributed by atoms with E-state index < -0.39 is 22.1 Å². The number of benzene rings is 2. The SMILES string of the molecule is C[Si](C)(C)C=CC=C[Si](C)(C)C.[CH3-].[CH3-].[NH-]C(=O)c1ccccc1.[Si].[Ti+4].c1ccc2[cH-]ccc2c1. The van der Waals surface area contributed by atoms with Crippen LogP contribution in [0.2, 0.25) is 39.3 Å². The van der Waals surface area contributed by atoms with E-state index in [0.29, 0.717) is 5.56 Å². The molecule has 0 bridgehead atoms. The largest absolute Gasteiger partial charge is 4.00 e. The van der Waals surface area contributed by atoms with E-state index in [0.717, 1.165) is 0 Å². The van der Waals surface area contributed by atoms with Crippen LogP contribution in [0.4, 0.5) is 0 Å². The van der Waals surface area contributed by atoms with E-state index in [9.17, 15) is 4.79 Å². The fourth-order valence-electron chi connectivity index (χ4n) is 2.35. The minimum absolute atomic E-state index is 0. The molecule has 0 aliphatic heterocycles. The molecule has 3 aromatic carbocycles. The predicted octanol–water partition coefficient (Wildman–Crippen LogP) is 8.81. The smallest absolute Gasteiger partial charge is 0.664 e. The van der Waals surface area contributed by atoms with Crippen molar-refractivity contribution < 1.29 is 26.5 Å². The third-order valence-corrected chi connectivity index (χ3v) is 6.27. The van der Waals surface area contributed by atoms with Crippen molar-refractivity contribution in [2.45, 2.75) is 39.3 Å². The number of hydrogen-bond donors (Lipinski definition) is 0. The quantitative estimate of drug-likeness (QED) is 0.185.